The van der Waals surface area contributed by atoms with E-state index in [0.29, 0.717) is 11.3 Å². The fourth-order valence-corrected chi connectivity index (χ4v) is 3.14. The Morgan fingerprint density at radius 3 is 2.46 bits per heavy atom. The molecule has 0 aromatic heterocycles. The van der Waals surface area contributed by atoms with Gasteiger partial charge in [-0.25, -0.2) is 9.69 Å². The number of carboxylic acid groups (broad SMARTS) is 1. The van der Waals surface area contributed by atoms with Gasteiger partial charge >= 0.3 is 5.97 Å². The summed E-state index contributed by atoms with van der Waals surface area (Å²) in [6, 6.07) is 9.59. The molecule has 1 heterocycles. The number of nitrogens with zero attached hydrogens (tertiary/aromatic N) is 1. The molecular weight excluding hydrogens is 332 g/mol. The Labute approximate surface area is 151 Å². The normalized spacial score (nSPS) is 16.9. The monoisotopic (exact) mass is 352 g/mol. The van der Waals surface area contributed by atoms with Crippen molar-refractivity contribution in [2.75, 3.05) is 10.2 Å². The van der Waals surface area contributed by atoms with Crippen LogP contribution >= 0.6 is 0 Å². The molecule has 1 aliphatic rings. The van der Waals surface area contributed by atoms with Gasteiger partial charge in [-0.1, -0.05) is 23.8 Å². The fraction of sp³-hybridized carbons (Fsp3) is 0.250. The average Bonchev–Trinajstić information content (AvgIpc) is 2.84. The Hall–Kier alpha value is -3.15. The van der Waals surface area contributed by atoms with E-state index in [0.717, 1.165) is 21.7 Å². The highest BCUT2D eigenvalue weighted by Crippen LogP contribution is 2.29. The maximum Gasteiger partial charge on any atom is 0.335 e. The Balaban J connectivity index is 1.90. The number of carboxylic acids is 1. The summed E-state index contributed by atoms with van der Waals surface area (Å²) in [5.74, 6) is -1.82. The van der Waals surface area contributed by atoms with Crippen LogP contribution in [0, 0.1) is 20.8 Å². The molecule has 26 heavy (non-hydrogen) atoms. The molecule has 1 fully saturated rings. The smallest absolute Gasteiger partial charge is 0.335 e. The van der Waals surface area contributed by atoms with Crippen molar-refractivity contribution in [3.05, 3.63) is 58.7 Å². The van der Waals surface area contributed by atoms with Gasteiger partial charge in [0.25, 0.3) is 5.91 Å². The van der Waals surface area contributed by atoms with Crippen LogP contribution in [0.5, 0.6) is 0 Å². The summed E-state index contributed by atoms with van der Waals surface area (Å²) in [7, 11) is 0. The van der Waals surface area contributed by atoms with Gasteiger partial charge in [0.2, 0.25) is 5.91 Å². The van der Waals surface area contributed by atoms with Crippen LogP contribution in [0.3, 0.4) is 0 Å². The van der Waals surface area contributed by atoms with Gasteiger partial charge in [0.15, 0.2) is 0 Å². The van der Waals surface area contributed by atoms with E-state index in [1.54, 1.807) is 13.0 Å². The zero-order valence-electron chi connectivity index (χ0n) is 14.9. The lowest BCUT2D eigenvalue weighted by Gasteiger charge is -2.19. The summed E-state index contributed by atoms with van der Waals surface area (Å²) in [5.41, 5.74) is 3.95. The second-order valence-corrected chi connectivity index (χ2v) is 6.59. The van der Waals surface area contributed by atoms with Gasteiger partial charge < -0.3 is 10.4 Å². The molecule has 1 saturated heterocycles. The third kappa shape index (κ3) is 3.18. The molecule has 6 nitrogen and oxygen atoms in total. The van der Waals surface area contributed by atoms with Crippen molar-refractivity contribution >= 4 is 29.2 Å². The number of amides is 2. The molecule has 0 spiro atoms. The van der Waals surface area contributed by atoms with Crippen LogP contribution in [-0.4, -0.2) is 28.9 Å². The van der Waals surface area contributed by atoms with Gasteiger partial charge in [-0.3, -0.25) is 9.59 Å². The lowest BCUT2D eigenvalue weighted by Crippen LogP contribution is -2.35. The molecule has 0 aliphatic carbocycles. The van der Waals surface area contributed by atoms with E-state index < -0.39 is 12.0 Å². The SMILES string of the molecule is Cc1ccc(N[C@H]2CC(=O)N(c3cc(C(=O)O)ccc3C)C2=O)c(C)c1. The first-order chi connectivity index (χ1) is 12.3. The Morgan fingerprint density at radius 2 is 1.81 bits per heavy atom. The molecule has 0 bridgehead atoms. The molecule has 0 radical (unpaired) electrons. The number of imide groups is 1. The zero-order chi connectivity index (χ0) is 19.0. The highest BCUT2D eigenvalue weighted by Gasteiger charge is 2.40. The highest BCUT2D eigenvalue weighted by molar-refractivity contribution is 6.23. The number of benzene rings is 2. The van der Waals surface area contributed by atoms with Crippen molar-refractivity contribution in [3.63, 3.8) is 0 Å². The number of carbonyl (C=O) groups excluding carboxylic acids is 2. The Morgan fingerprint density at radius 1 is 1.08 bits per heavy atom. The summed E-state index contributed by atoms with van der Waals surface area (Å²) in [6.07, 6.45) is 0.0306. The standard InChI is InChI=1S/C20H20N2O4/c1-11-4-7-15(13(3)8-11)21-16-10-18(23)22(19(16)24)17-9-14(20(25)26)6-5-12(17)2/h4-9,16,21H,10H2,1-3H3,(H,25,26)/t16-/m0/s1. The van der Waals surface area contributed by atoms with E-state index >= 15 is 0 Å². The number of anilines is 2. The predicted molar refractivity (Wildman–Crippen MR) is 98.6 cm³/mol. The second kappa shape index (κ2) is 6.63. The van der Waals surface area contributed by atoms with Crippen molar-refractivity contribution in [1.82, 2.24) is 0 Å². The van der Waals surface area contributed by atoms with Crippen molar-refractivity contribution in [2.45, 2.75) is 33.2 Å². The minimum absolute atomic E-state index is 0.0306. The molecule has 6 heteroatoms. The molecule has 3 rings (SSSR count). The summed E-state index contributed by atoms with van der Waals surface area (Å²) in [5, 5.41) is 12.3. The minimum atomic E-state index is -1.10. The molecule has 134 valence electrons. The number of nitrogens with one attached hydrogen (secondary N) is 1. The molecule has 2 amide bonds. The summed E-state index contributed by atoms with van der Waals surface area (Å²) in [4.78, 5) is 37.6. The maximum atomic E-state index is 12.8. The van der Waals surface area contributed by atoms with Gasteiger partial charge in [-0.15, -0.1) is 0 Å². The summed E-state index contributed by atoms with van der Waals surface area (Å²) >= 11 is 0. The molecule has 0 unspecified atom stereocenters. The van der Waals surface area contributed by atoms with Crippen LogP contribution in [0.15, 0.2) is 36.4 Å². The summed E-state index contributed by atoms with van der Waals surface area (Å²) < 4.78 is 0. The number of aryl methyl sites for hydroxylation is 3. The Bertz CT molecular complexity index is 920. The Kier molecular flexibility index (Phi) is 4.50. The molecular formula is C20H20N2O4. The molecule has 2 aromatic carbocycles. The van der Waals surface area contributed by atoms with Gasteiger partial charge in [0, 0.05) is 5.69 Å². The average molecular weight is 352 g/mol. The highest BCUT2D eigenvalue weighted by atomic mass is 16.4. The quantitative estimate of drug-likeness (QED) is 0.826. The van der Waals surface area contributed by atoms with Gasteiger partial charge in [0.05, 0.1) is 17.7 Å². The fourth-order valence-electron chi connectivity index (χ4n) is 3.14. The van der Waals surface area contributed by atoms with E-state index in [-0.39, 0.29) is 23.8 Å². The van der Waals surface area contributed by atoms with Crippen LogP contribution in [0.2, 0.25) is 0 Å². The van der Waals surface area contributed by atoms with E-state index in [1.807, 2.05) is 32.0 Å². The lowest BCUT2D eigenvalue weighted by atomic mass is 10.1. The molecule has 2 N–H and O–H groups in total. The van der Waals surface area contributed by atoms with Crippen molar-refractivity contribution in [2.24, 2.45) is 0 Å². The number of hydrogen-bond acceptors (Lipinski definition) is 4. The number of rotatable bonds is 4. The van der Waals surface area contributed by atoms with Gasteiger partial charge in [-0.2, -0.15) is 0 Å². The first-order valence-corrected chi connectivity index (χ1v) is 8.32. The van der Waals surface area contributed by atoms with E-state index in [4.69, 9.17) is 0 Å². The second-order valence-electron chi connectivity index (χ2n) is 6.59. The summed E-state index contributed by atoms with van der Waals surface area (Å²) in [6.45, 7) is 5.67. The van der Waals surface area contributed by atoms with Crippen LogP contribution in [0.4, 0.5) is 11.4 Å². The van der Waals surface area contributed by atoms with Crippen molar-refractivity contribution in [3.8, 4) is 0 Å². The van der Waals surface area contributed by atoms with Crippen molar-refractivity contribution in [1.29, 1.82) is 0 Å². The van der Waals surface area contributed by atoms with Crippen molar-refractivity contribution < 1.29 is 19.5 Å². The molecule has 1 atom stereocenters. The van der Waals surface area contributed by atoms with E-state index in [2.05, 4.69) is 5.32 Å². The van der Waals surface area contributed by atoms with E-state index in [1.165, 1.54) is 12.1 Å². The number of carbonyl (C=O) groups is 3. The number of aromatic carboxylic acids is 1. The topological polar surface area (TPSA) is 86.7 Å². The van der Waals surface area contributed by atoms with Crippen LogP contribution in [0.1, 0.15) is 33.5 Å². The van der Waals surface area contributed by atoms with Gasteiger partial charge in [-0.05, 0) is 50.1 Å². The first-order valence-electron chi connectivity index (χ1n) is 8.32. The minimum Gasteiger partial charge on any atom is -0.478 e. The lowest BCUT2D eigenvalue weighted by molar-refractivity contribution is -0.121. The third-order valence-corrected chi connectivity index (χ3v) is 4.56. The third-order valence-electron chi connectivity index (χ3n) is 4.56. The zero-order valence-corrected chi connectivity index (χ0v) is 14.9. The van der Waals surface area contributed by atoms with E-state index in [9.17, 15) is 19.5 Å². The maximum absolute atomic E-state index is 12.8. The first kappa shape index (κ1) is 17.7. The molecule has 1 aliphatic heterocycles. The largest absolute Gasteiger partial charge is 0.478 e. The van der Waals surface area contributed by atoms with Crippen LogP contribution < -0.4 is 10.2 Å². The predicted octanol–water partition coefficient (Wildman–Crippen LogP) is 3.05. The van der Waals surface area contributed by atoms with Crippen LogP contribution in [-0.2, 0) is 9.59 Å². The molecule has 2 aromatic rings. The van der Waals surface area contributed by atoms with Gasteiger partial charge in [0.1, 0.15) is 6.04 Å². The molecule has 0 saturated carbocycles. The number of hydrogen-bond donors (Lipinski definition) is 2. The van der Waals surface area contributed by atoms with Crippen LogP contribution in [0.25, 0.3) is 0 Å².